The molecule has 1 amide bonds. The second-order valence-electron chi connectivity index (χ2n) is 8.20. The first kappa shape index (κ1) is 20.2. The van der Waals surface area contributed by atoms with Crippen LogP contribution >= 0.6 is 0 Å². The second-order valence-corrected chi connectivity index (χ2v) is 8.20. The van der Waals surface area contributed by atoms with Gasteiger partial charge >= 0.3 is 0 Å². The van der Waals surface area contributed by atoms with Gasteiger partial charge in [0.25, 0.3) is 0 Å². The Bertz CT molecular complexity index is 646. The third kappa shape index (κ3) is 5.02. The van der Waals surface area contributed by atoms with E-state index in [9.17, 15) is 4.79 Å². The molecule has 1 aromatic rings. The van der Waals surface area contributed by atoms with Crippen LogP contribution in [0.5, 0.6) is 5.75 Å². The Balaban J connectivity index is 1.89. The minimum absolute atomic E-state index is 0.0372. The molecule has 2 fully saturated rings. The number of nitrogens with zero attached hydrogens (tertiary/aromatic N) is 1. The van der Waals surface area contributed by atoms with Crippen LogP contribution < -0.4 is 10.1 Å². The minimum atomic E-state index is -0.0372. The molecular formula is C22H34N2O3. The summed E-state index contributed by atoms with van der Waals surface area (Å²) in [6.07, 6.45) is 5.66. The number of nitrogens with one attached hydrogen (secondary N) is 1. The van der Waals surface area contributed by atoms with Gasteiger partial charge in [-0.25, -0.2) is 0 Å². The van der Waals surface area contributed by atoms with Crippen molar-refractivity contribution in [2.24, 2.45) is 5.92 Å². The summed E-state index contributed by atoms with van der Waals surface area (Å²) < 4.78 is 12.5. The largest absolute Gasteiger partial charge is 0.493 e. The number of rotatable bonds is 6. The summed E-state index contributed by atoms with van der Waals surface area (Å²) in [5.41, 5.74) is 2.37. The molecule has 1 aromatic carbocycles. The molecule has 0 unspecified atom stereocenters. The van der Waals surface area contributed by atoms with Crippen molar-refractivity contribution in [1.82, 2.24) is 10.2 Å². The number of benzene rings is 1. The van der Waals surface area contributed by atoms with E-state index < -0.39 is 0 Å². The zero-order valence-electron chi connectivity index (χ0n) is 17.2. The molecule has 3 rings (SSSR count). The molecule has 27 heavy (non-hydrogen) atoms. The van der Waals surface area contributed by atoms with Gasteiger partial charge in [-0.1, -0.05) is 18.9 Å². The average Bonchev–Trinajstić information content (AvgIpc) is 2.62. The first-order valence-electron chi connectivity index (χ1n) is 10.3. The number of hydrogen-bond acceptors (Lipinski definition) is 4. The van der Waals surface area contributed by atoms with Crippen molar-refractivity contribution >= 4 is 5.91 Å². The Morgan fingerprint density at radius 2 is 2.07 bits per heavy atom. The maximum absolute atomic E-state index is 11.8. The number of hydrogen-bond donors (Lipinski definition) is 1. The maximum Gasteiger partial charge on any atom is 0.217 e. The fourth-order valence-corrected chi connectivity index (χ4v) is 4.65. The van der Waals surface area contributed by atoms with E-state index in [0.29, 0.717) is 12.5 Å². The van der Waals surface area contributed by atoms with Crippen molar-refractivity contribution in [3.8, 4) is 5.75 Å². The first-order chi connectivity index (χ1) is 13.0. The van der Waals surface area contributed by atoms with E-state index in [1.807, 2.05) is 6.92 Å². The van der Waals surface area contributed by atoms with Crippen molar-refractivity contribution in [1.29, 1.82) is 0 Å². The van der Waals surface area contributed by atoms with Crippen LogP contribution in [0.4, 0.5) is 0 Å². The Labute approximate surface area is 163 Å². The fraction of sp³-hybridized carbons (Fsp3) is 0.682. The zero-order valence-corrected chi connectivity index (χ0v) is 17.2. The lowest BCUT2D eigenvalue weighted by atomic mass is 9.76. The highest BCUT2D eigenvalue weighted by atomic mass is 16.5. The summed E-state index contributed by atoms with van der Waals surface area (Å²) in [5.74, 6) is 1.39. The van der Waals surface area contributed by atoms with Crippen LogP contribution in [0.25, 0.3) is 0 Å². The van der Waals surface area contributed by atoms with Crippen LogP contribution in [0, 0.1) is 5.92 Å². The Hall–Kier alpha value is -1.59. The van der Waals surface area contributed by atoms with E-state index in [2.05, 4.69) is 42.5 Å². The van der Waals surface area contributed by atoms with Gasteiger partial charge in [-0.2, -0.15) is 0 Å². The lowest BCUT2D eigenvalue weighted by Crippen LogP contribution is -2.50. The Morgan fingerprint density at radius 3 is 2.78 bits per heavy atom. The van der Waals surface area contributed by atoms with Gasteiger partial charge in [0, 0.05) is 31.0 Å². The number of carbonyl (C=O) groups is 1. The van der Waals surface area contributed by atoms with E-state index in [-0.39, 0.29) is 24.2 Å². The summed E-state index contributed by atoms with van der Waals surface area (Å²) >= 11 is 0. The van der Waals surface area contributed by atoms with Crippen molar-refractivity contribution in [3.05, 3.63) is 29.3 Å². The van der Waals surface area contributed by atoms with E-state index in [0.717, 1.165) is 37.1 Å². The van der Waals surface area contributed by atoms with Crippen molar-refractivity contribution in [2.45, 2.75) is 70.7 Å². The van der Waals surface area contributed by atoms with Crippen LogP contribution in [0.2, 0.25) is 0 Å². The molecule has 1 aliphatic carbocycles. The number of amides is 1. The molecule has 1 aliphatic heterocycles. The lowest BCUT2D eigenvalue weighted by molar-refractivity contribution is -0.131. The maximum atomic E-state index is 11.8. The van der Waals surface area contributed by atoms with Crippen molar-refractivity contribution in [3.63, 3.8) is 0 Å². The summed E-state index contributed by atoms with van der Waals surface area (Å²) in [6, 6.07) is 6.61. The van der Waals surface area contributed by atoms with Crippen molar-refractivity contribution < 1.29 is 14.3 Å². The molecule has 2 aliphatic rings. The molecule has 0 bridgehead atoms. The summed E-state index contributed by atoms with van der Waals surface area (Å²) in [6.45, 7) is 5.14. The van der Waals surface area contributed by atoms with Crippen LogP contribution in [-0.2, 0) is 16.1 Å². The van der Waals surface area contributed by atoms with Gasteiger partial charge in [-0.3, -0.25) is 4.79 Å². The molecule has 1 saturated heterocycles. The Morgan fingerprint density at radius 1 is 1.30 bits per heavy atom. The predicted octanol–water partition coefficient (Wildman–Crippen LogP) is 3.67. The fourth-order valence-electron chi connectivity index (χ4n) is 4.65. The van der Waals surface area contributed by atoms with E-state index >= 15 is 0 Å². The molecule has 1 heterocycles. The normalized spacial score (nSPS) is 27.9. The van der Waals surface area contributed by atoms with Gasteiger partial charge in [0.2, 0.25) is 5.91 Å². The molecule has 0 radical (unpaired) electrons. The van der Waals surface area contributed by atoms with Crippen LogP contribution in [0.15, 0.2) is 18.2 Å². The van der Waals surface area contributed by atoms with E-state index in [4.69, 9.17) is 9.47 Å². The second kappa shape index (κ2) is 9.07. The predicted molar refractivity (Wildman–Crippen MR) is 107 cm³/mol. The summed E-state index contributed by atoms with van der Waals surface area (Å²) in [7, 11) is 4.15. The van der Waals surface area contributed by atoms with E-state index in [1.165, 1.54) is 18.4 Å². The van der Waals surface area contributed by atoms with Gasteiger partial charge in [-0.15, -0.1) is 0 Å². The highest BCUT2D eigenvalue weighted by Crippen LogP contribution is 2.43. The van der Waals surface area contributed by atoms with Gasteiger partial charge in [0.15, 0.2) is 0 Å². The van der Waals surface area contributed by atoms with E-state index in [1.54, 1.807) is 6.92 Å². The first-order valence-corrected chi connectivity index (χ1v) is 10.3. The quantitative estimate of drug-likeness (QED) is 0.825. The summed E-state index contributed by atoms with van der Waals surface area (Å²) in [4.78, 5) is 14.0. The molecule has 5 heteroatoms. The lowest BCUT2D eigenvalue weighted by Gasteiger charge is -2.45. The number of fused-ring (bicyclic) bond motifs is 1. The molecule has 150 valence electrons. The minimum Gasteiger partial charge on any atom is -0.493 e. The van der Waals surface area contributed by atoms with Gasteiger partial charge in [0.1, 0.15) is 5.75 Å². The molecular weight excluding hydrogens is 340 g/mol. The van der Waals surface area contributed by atoms with Gasteiger partial charge < -0.3 is 19.7 Å². The number of ether oxygens (including phenoxy) is 2. The third-order valence-corrected chi connectivity index (χ3v) is 5.69. The monoisotopic (exact) mass is 374 g/mol. The van der Waals surface area contributed by atoms with Gasteiger partial charge in [0.05, 0.1) is 18.8 Å². The topological polar surface area (TPSA) is 50.8 Å². The average molecular weight is 375 g/mol. The van der Waals surface area contributed by atoms with Crippen LogP contribution in [0.1, 0.15) is 63.2 Å². The van der Waals surface area contributed by atoms with Crippen LogP contribution in [-0.4, -0.2) is 43.7 Å². The van der Waals surface area contributed by atoms with Crippen molar-refractivity contribution in [2.75, 3.05) is 20.7 Å². The SMILES string of the molecule is CCOc1ccc(CN(C)C)cc1[C@H]1C[C@@H](NC(C)=O)[C@@H]2CCCC[C@H]2O1. The molecule has 1 saturated carbocycles. The zero-order chi connectivity index (χ0) is 19.4. The highest BCUT2D eigenvalue weighted by Gasteiger charge is 2.41. The van der Waals surface area contributed by atoms with Gasteiger partial charge in [-0.05, 0) is 58.0 Å². The molecule has 4 atom stereocenters. The molecule has 5 nitrogen and oxygen atoms in total. The Kier molecular flexibility index (Phi) is 6.77. The smallest absolute Gasteiger partial charge is 0.217 e. The number of carbonyl (C=O) groups excluding carboxylic acids is 1. The molecule has 0 aromatic heterocycles. The highest BCUT2D eigenvalue weighted by molar-refractivity contribution is 5.73. The summed E-state index contributed by atoms with van der Waals surface area (Å²) in [5, 5.41) is 3.21. The van der Waals surface area contributed by atoms with Crippen LogP contribution in [0.3, 0.4) is 0 Å². The standard InChI is InChI=1S/C22H34N2O3/c1-5-26-20-11-10-16(14-24(3)4)12-18(20)22-13-19(23-15(2)25)17-8-6-7-9-21(17)27-22/h10-12,17,19,21-22H,5-9,13-14H2,1-4H3,(H,23,25)/t17-,19+,21+,22+/m0/s1. The third-order valence-electron chi connectivity index (χ3n) is 5.69. The molecule has 1 N–H and O–H groups in total. The molecule has 0 spiro atoms.